The number of hydrogen-bond donors (Lipinski definition) is 0. The minimum absolute atomic E-state index is 0.143. The van der Waals surface area contributed by atoms with Crippen LogP contribution in [-0.2, 0) is 13.0 Å². The van der Waals surface area contributed by atoms with Crippen molar-refractivity contribution in [2.75, 3.05) is 31.6 Å². The van der Waals surface area contributed by atoms with Crippen molar-refractivity contribution in [2.24, 2.45) is 0 Å². The molecule has 0 bridgehead atoms. The number of anilines is 1. The van der Waals surface area contributed by atoms with Crippen LogP contribution in [0.4, 0.5) is 14.6 Å². The number of methoxy groups -OCH3 is 1. The van der Waals surface area contributed by atoms with Gasteiger partial charge >= 0.3 is 0 Å². The lowest BCUT2D eigenvalue weighted by Crippen LogP contribution is -2.38. The molecule has 5 rings (SSSR count). The van der Waals surface area contributed by atoms with Crippen LogP contribution in [0.1, 0.15) is 34.8 Å². The second kappa shape index (κ2) is 9.23. The highest BCUT2D eigenvalue weighted by molar-refractivity contribution is 6.28. The van der Waals surface area contributed by atoms with Gasteiger partial charge in [-0.25, -0.2) is 18.7 Å². The molecule has 0 radical (unpaired) electrons. The molecular weight excluding hydrogens is 446 g/mol. The van der Waals surface area contributed by atoms with E-state index >= 15 is 0 Å². The summed E-state index contributed by atoms with van der Waals surface area (Å²) in [5, 5.41) is 0.143. The van der Waals surface area contributed by atoms with Gasteiger partial charge < -0.3 is 9.64 Å². The first-order valence-electron chi connectivity index (χ1n) is 11.1. The monoisotopic (exact) mass is 470 g/mol. The van der Waals surface area contributed by atoms with Crippen molar-refractivity contribution < 1.29 is 13.5 Å². The number of fused-ring (bicyclic) bond motifs is 1. The Kier molecular flexibility index (Phi) is 6.17. The number of alkyl halides is 1. The van der Waals surface area contributed by atoms with Crippen LogP contribution in [0.3, 0.4) is 0 Å². The second-order valence-electron chi connectivity index (χ2n) is 8.53. The molecule has 172 valence electrons. The molecule has 2 aromatic carbocycles. The van der Waals surface area contributed by atoms with Crippen LogP contribution in [0.2, 0.25) is 5.28 Å². The zero-order valence-electron chi connectivity index (χ0n) is 18.3. The number of nitrogens with zero attached hydrogens (tertiary/aromatic N) is 4. The van der Waals surface area contributed by atoms with E-state index in [1.54, 1.807) is 19.2 Å². The summed E-state index contributed by atoms with van der Waals surface area (Å²) in [7, 11) is 1.65. The predicted octanol–water partition coefficient (Wildman–Crippen LogP) is 4.97. The lowest BCUT2D eigenvalue weighted by Gasteiger charge is -2.38. The Balaban J connectivity index is 1.56. The van der Waals surface area contributed by atoms with Gasteiger partial charge in [0.25, 0.3) is 0 Å². The van der Waals surface area contributed by atoms with Gasteiger partial charge in [-0.15, -0.1) is 0 Å². The normalized spacial score (nSPS) is 20.7. The molecule has 0 amide bonds. The Bertz CT molecular complexity index is 1130. The molecule has 0 saturated carbocycles. The highest BCUT2D eigenvalue weighted by Crippen LogP contribution is 2.39. The van der Waals surface area contributed by atoms with Gasteiger partial charge in [-0.1, -0.05) is 24.3 Å². The first-order valence-corrected chi connectivity index (χ1v) is 11.5. The van der Waals surface area contributed by atoms with Crippen LogP contribution < -0.4 is 9.64 Å². The molecule has 8 heteroatoms. The average Bonchev–Trinajstić information content (AvgIpc) is 3.26. The topological polar surface area (TPSA) is 41.5 Å². The van der Waals surface area contributed by atoms with Gasteiger partial charge in [0.2, 0.25) is 5.28 Å². The first kappa shape index (κ1) is 22.0. The van der Waals surface area contributed by atoms with Gasteiger partial charge in [0, 0.05) is 25.2 Å². The standard InChI is InChI=1S/C25H25ClF2N4O/c1-33-20-8-2-16(3-9-20)14-31-13-11-21-22(23(31)17-4-6-18(27)7-5-17)29-25(26)30-24(21)32-12-10-19(28)15-32/h2-9,19,23H,10-15H2,1H3/t19-,23?/m0/s1. The van der Waals surface area contributed by atoms with Gasteiger partial charge in [-0.3, -0.25) is 4.90 Å². The molecule has 1 saturated heterocycles. The molecule has 5 nitrogen and oxygen atoms in total. The Morgan fingerprint density at radius 2 is 1.82 bits per heavy atom. The molecule has 0 spiro atoms. The van der Waals surface area contributed by atoms with E-state index < -0.39 is 6.17 Å². The molecule has 1 unspecified atom stereocenters. The molecule has 0 aliphatic carbocycles. The molecule has 1 aromatic heterocycles. The fourth-order valence-electron chi connectivity index (χ4n) is 4.81. The van der Waals surface area contributed by atoms with E-state index in [-0.39, 0.29) is 17.1 Å². The maximum atomic E-state index is 14.0. The van der Waals surface area contributed by atoms with Crippen molar-refractivity contribution in [3.8, 4) is 5.75 Å². The highest BCUT2D eigenvalue weighted by Gasteiger charge is 2.35. The maximum Gasteiger partial charge on any atom is 0.224 e. The molecule has 2 atom stereocenters. The van der Waals surface area contributed by atoms with E-state index in [1.807, 2.05) is 29.2 Å². The number of hydrogen-bond acceptors (Lipinski definition) is 5. The number of rotatable bonds is 5. The van der Waals surface area contributed by atoms with E-state index in [0.29, 0.717) is 26.1 Å². The fraction of sp³-hybridized carbons (Fsp3) is 0.360. The van der Waals surface area contributed by atoms with E-state index in [4.69, 9.17) is 16.3 Å². The molecule has 3 heterocycles. The van der Waals surface area contributed by atoms with Crippen LogP contribution in [-0.4, -0.2) is 47.8 Å². The van der Waals surface area contributed by atoms with Crippen LogP contribution in [0.5, 0.6) is 5.75 Å². The van der Waals surface area contributed by atoms with Crippen LogP contribution in [0, 0.1) is 5.82 Å². The highest BCUT2D eigenvalue weighted by atomic mass is 35.5. The van der Waals surface area contributed by atoms with Crippen molar-refractivity contribution in [3.05, 3.63) is 82.0 Å². The summed E-state index contributed by atoms with van der Waals surface area (Å²) in [5.41, 5.74) is 3.86. The fourth-order valence-corrected chi connectivity index (χ4v) is 4.98. The van der Waals surface area contributed by atoms with Crippen molar-refractivity contribution in [1.29, 1.82) is 0 Å². The number of halogens is 3. The van der Waals surface area contributed by atoms with Crippen molar-refractivity contribution >= 4 is 17.4 Å². The zero-order valence-corrected chi connectivity index (χ0v) is 19.1. The molecule has 2 aliphatic heterocycles. The largest absolute Gasteiger partial charge is 0.497 e. The van der Waals surface area contributed by atoms with Crippen molar-refractivity contribution in [2.45, 2.75) is 31.6 Å². The van der Waals surface area contributed by atoms with Crippen molar-refractivity contribution in [3.63, 3.8) is 0 Å². The number of aromatic nitrogens is 2. The summed E-state index contributed by atoms with van der Waals surface area (Å²) < 4.78 is 33.0. The van der Waals surface area contributed by atoms with Crippen LogP contribution in [0.15, 0.2) is 48.5 Å². The molecule has 1 fully saturated rings. The van der Waals surface area contributed by atoms with E-state index in [9.17, 15) is 8.78 Å². The number of ether oxygens (including phenoxy) is 1. The molecule has 3 aromatic rings. The summed E-state index contributed by atoms with van der Waals surface area (Å²) in [5.74, 6) is 1.24. The smallest absolute Gasteiger partial charge is 0.224 e. The summed E-state index contributed by atoms with van der Waals surface area (Å²) in [6.07, 6.45) is 0.349. The predicted molar refractivity (Wildman–Crippen MR) is 124 cm³/mol. The summed E-state index contributed by atoms with van der Waals surface area (Å²) >= 11 is 6.38. The van der Waals surface area contributed by atoms with Crippen LogP contribution in [0.25, 0.3) is 0 Å². The zero-order chi connectivity index (χ0) is 22.9. The molecule has 33 heavy (non-hydrogen) atoms. The summed E-state index contributed by atoms with van der Waals surface area (Å²) in [4.78, 5) is 13.4. The second-order valence-corrected chi connectivity index (χ2v) is 8.87. The van der Waals surface area contributed by atoms with Gasteiger partial charge in [0.05, 0.1) is 25.4 Å². The van der Waals surface area contributed by atoms with E-state index in [1.165, 1.54) is 12.1 Å². The first-order chi connectivity index (χ1) is 16.0. The lowest BCUT2D eigenvalue weighted by molar-refractivity contribution is 0.200. The van der Waals surface area contributed by atoms with Crippen LogP contribution >= 0.6 is 11.6 Å². The average molecular weight is 471 g/mol. The third-order valence-electron chi connectivity index (χ3n) is 6.42. The molecule has 0 N–H and O–H groups in total. The summed E-state index contributed by atoms with van der Waals surface area (Å²) in [6, 6.07) is 14.3. The number of benzene rings is 2. The quantitative estimate of drug-likeness (QED) is 0.492. The summed E-state index contributed by atoms with van der Waals surface area (Å²) in [6.45, 7) is 2.36. The van der Waals surface area contributed by atoms with Gasteiger partial charge in [-0.2, -0.15) is 0 Å². The minimum atomic E-state index is -0.863. The van der Waals surface area contributed by atoms with Gasteiger partial charge in [0.1, 0.15) is 23.6 Å². The van der Waals surface area contributed by atoms with E-state index in [0.717, 1.165) is 46.9 Å². The Morgan fingerprint density at radius 3 is 2.48 bits per heavy atom. The van der Waals surface area contributed by atoms with Gasteiger partial charge in [-0.05, 0) is 59.8 Å². The SMILES string of the molecule is COc1ccc(CN2CCc3c(nc(Cl)nc3N3CC[C@H](F)C3)C2c2ccc(F)cc2)cc1. The third-order valence-corrected chi connectivity index (χ3v) is 6.59. The molecule has 2 aliphatic rings. The maximum absolute atomic E-state index is 14.0. The Labute approximate surface area is 197 Å². The Morgan fingerprint density at radius 1 is 1.06 bits per heavy atom. The Hall–Kier alpha value is -2.77. The minimum Gasteiger partial charge on any atom is -0.497 e. The van der Waals surface area contributed by atoms with Crippen molar-refractivity contribution in [1.82, 2.24) is 14.9 Å². The lowest BCUT2D eigenvalue weighted by atomic mass is 9.91. The van der Waals surface area contributed by atoms with E-state index in [2.05, 4.69) is 14.9 Å². The molecular formula is C25H25ClF2N4O. The van der Waals surface area contributed by atoms with Gasteiger partial charge in [0.15, 0.2) is 0 Å². The third kappa shape index (κ3) is 4.52.